The number of hydrogen-bond donors (Lipinski definition) is 0. The number of Topliss-reactive ketones (excluding diaryl/α,β-unsaturated/α-hetero) is 1. The van der Waals surface area contributed by atoms with Crippen LogP contribution in [0.5, 0.6) is 0 Å². The van der Waals surface area contributed by atoms with Gasteiger partial charge in [0.1, 0.15) is 5.41 Å². The second-order valence-corrected chi connectivity index (χ2v) is 4.78. The van der Waals surface area contributed by atoms with Crippen molar-refractivity contribution in [1.29, 1.82) is 0 Å². The molecule has 0 saturated carbocycles. The van der Waals surface area contributed by atoms with Crippen LogP contribution in [0, 0.1) is 5.41 Å². The highest BCUT2D eigenvalue weighted by molar-refractivity contribution is 6.01. The third-order valence-electron chi connectivity index (χ3n) is 3.25. The van der Waals surface area contributed by atoms with Gasteiger partial charge < -0.3 is 9.47 Å². The number of carbonyl (C=O) groups is 1. The molecule has 0 bridgehead atoms. The molecule has 1 spiro atoms. The zero-order chi connectivity index (χ0) is 13.1. The van der Waals surface area contributed by atoms with Gasteiger partial charge in [0, 0.05) is 6.42 Å². The molecule has 1 saturated heterocycles. The monoisotopic (exact) mass is 250 g/mol. The molecule has 0 radical (unpaired) electrons. The summed E-state index contributed by atoms with van der Waals surface area (Å²) in [4.78, 5) is 11.7. The Bertz CT molecular complexity index is 393. The molecule has 1 unspecified atom stereocenters. The fraction of sp³-hybridized carbons (Fsp3) is 0.727. The number of halogens is 3. The number of hydrogen-bond acceptors (Lipinski definition) is 3. The van der Waals surface area contributed by atoms with E-state index in [2.05, 4.69) is 0 Å². The number of alkyl halides is 3. The Morgan fingerprint density at radius 3 is 2.35 bits per heavy atom. The van der Waals surface area contributed by atoms with Crippen molar-refractivity contribution in [3.63, 3.8) is 0 Å². The number of ketones is 1. The van der Waals surface area contributed by atoms with E-state index in [1.165, 1.54) is 13.0 Å². The molecule has 0 aromatic carbocycles. The Morgan fingerprint density at radius 2 is 1.94 bits per heavy atom. The lowest BCUT2D eigenvalue weighted by molar-refractivity contribution is -0.436. The highest BCUT2D eigenvalue weighted by atomic mass is 19.4. The second kappa shape index (κ2) is 3.32. The molecular weight excluding hydrogens is 237 g/mol. The normalized spacial score (nSPS) is 42.4. The van der Waals surface area contributed by atoms with E-state index in [-0.39, 0.29) is 5.57 Å². The average Bonchev–Trinajstić information content (AvgIpc) is 2.10. The van der Waals surface area contributed by atoms with Crippen LogP contribution in [0.4, 0.5) is 13.2 Å². The van der Waals surface area contributed by atoms with Crippen molar-refractivity contribution >= 4 is 5.78 Å². The summed E-state index contributed by atoms with van der Waals surface area (Å²) in [5.74, 6) is -2.30. The predicted molar refractivity (Wildman–Crippen MR) is 51.9 cm³/mol. The van der Waals surface area contributed by atoms with Crippen LogP contribution in [0.1, 0.15) is 27.2 Å². The minimum absolute atomic E-state index is 0.0305. The lowest BCUT2D eigenvalue weighted by Gasteiger charge is -2.50. The maximum absolute atomic E-state index is 13.0. The standard InChI is InChI=1S/C11H13F3O3/c1-6-4-10(16-7(2)17-10)5-9(3,8(6)15)11(12,13)14/h4,7H,5H2,1-3H3. The first kappa shape index (κ1) is 12.6. The molecule has 2 rings (SSSR count). The van der Waals surface area contributed by atoms with Crippen LogP contribution in [-0.2, 0) is 14.3 Å². The van der Waals surface area contributed by atoms with Crippen molar-refractivity contribution in [2.45, 2.75) is 45.4 Å². The topological polar surface area (TPSA) is 35.5 Å². The first-order valence-corrected chi connectivity index (χ1v) is 5.26. The maximum atomic E-state index is 13.0. The van der Waals surface area contributed by atoms with Crippen molar-refractivity contribution < 1.29 is 27.4 Å². The van der Waals surface area contributed by atoms with Gasteiger partial charge in [-0.1, -0.05) is 0 Å². The Balaban J connectivity index is 2.39. The highest BCUT2D eigenvalue weighted by Gasteiger charge is 2.64. The quantitative estimate of drug-likeness (QED) is 0.662. The van der Waals surface area contributed by atoms with Gasteiger partial charge >= 0.3 is 6.18 Å². The lowest BCUT2D eigenvalue weighted by Crippen LogP contribution is -2.60. The third kappa shape index (κ3) is 1.70. The summed E-state index contributed by atoms with van der Waals surface area (Å²) in [6.07, 6.45) is -4.34. The smallest absolute Gasteiger partial charge is 0.317 e. The summed E-state index contributed by atoms with van der Waals surface area (Å²) in [7, 11) is 0. The maximum Gasteiger partial charge on any atom is 0.401 e. The van der Waals surface area contributed by atoms with Gasteiger partial charge in [0.2, 0.25) is 0 Å². The van der Waals surface area contributed by atoms with E-state index in [0.717, 1.165) is 6.92 Å². The van der Waals surface area contributed by atoms with Gasteiger partial charge in [0.25, 0.3) is 0 Å². The van der Waals surface area contributed by atoms with Crippen molar-refractivity contribution in [2.24, 2.45) is 5.41 Å². The van der Waals surface area contributed by atoms with Gasteiger partial charge in [-0.3, -0.25) is 4.79 Å². The number of allylic oxidation sites excluding steroid dienone is 1. The lowest BCUT2D eigenvalue weighted by atomic mass is 9.71. The molecule has 1 heterocycles. The van der Waals surface area contributed by atoms with E-state index in [9.17, 15) is 18.0 Å². The van der Waals surface area contributed by atoms with Gasteiger partial charge in [-0.05, 0) is 32.4 Å². The number of ether oxygens (including phenoxy) is 2. The zero-order valence-corrected chi connectivity index (χ0v) is 9.72. The van der Waals surface area contributed by atoms with E-state index in [0.29, 0.717) is 0 Å². The molecule has 6 heteroatoms. The molecule has 0 aromatic heterocycles. The molecule has 96 valence electrons. The first-order chi connectivity index (χ1) is 7.60. The molecular formula is C11H13F3O3. The number of carbonyl (C=O) groups excluding carboxylic acids is 1. The van der Waals surface area contributed by atoms with Crippen LogP contribution in [0.3, 0.4) is 0 Å². The van der Waals surface area contributed by atoms with Crippen molar-refractivity contribution in [1.82, 2.24) is 0 Å². The van der Waals surface area contributed by atoms with Crippen LogP contribution in [-0.4, -0.2) is 24.0 Å². The molecule has 0 N–H and O–H groups in total. The molecule has 2 aliphatic rings. The van der Waals surface area contributed by atoms with E-state index in [1.807, 2.05) is 0 Å². The van der Waals surface area contributed by atoms with Gasteiger partial charge in [-0.2, -0.15) is 13.2 Å². The number of rotatable bonds is 0. The summed E-state index contributed by atoms with van der Waals surface area (Å²) in [6, 6.07) is 0. The van der Waals surface area contributed by atoms with Crippen LogP contribution >= 0.6 is 0 Å². The Kier molecular flexibility index (Phi) is 2.46. The van der Waals surface area contributed by atoms with Gasteiger partial charge in [-0.25, -0.2) is 0 Å². The molecule has 1 aliphatic carbocycles. The Morgan fingerprint density at radius 1 is 1.41 bits per heavy atom. The van der Waals surface area contributed by atoms with Crippen molar-refractivity contribution in [2.75, 3.05) is 0 Å². The van der Waals surface area contributed by atoms with E-state index in [1.54, 1.807) is 6.92 Å². The molecule has 0 amide bonds. The molecule has 1 atom stereocenters. The molecule has 17 heavy (non-hydrogen) atoms. The van der Waals surface area contributed by atoms with Gasteiger partial charge in [0.15, 0.2) is 17.9 Å². The SMILES string of the molecule is CC1=CC2(CC(C)(C(F)(F)F)C1=O)OC(C)O2. The molecule has 1 fully saturated rings. The zero-order valence-electron chi connectivity index (χ0n) is 9.72. The molecule has 1 aliphatic heterocycles. The molecule has 0 aromatic rings. The average molecular weight is 250 g/mol. The van der Waals surface area contributed by atoms with E-state index < -0.39 is 35.9 Å². The van der Waals surface area contributed by atoms with Crippen molar-refractivity contribution in [3.05, 3.63) is 11.6 Å². The van der Waals surface area contributed by atoms with Crippen LogP contribution in [0.25, 0.3) is 0 Å². The second-order valence-electron chi connectivity index (χ2n) is 4.78. The first-order valence-electron chi connectivity index (χ1n) is 5.26. The van der Waals surface area contributed by atoms with Gasteiger partial charge in [0.05, 0.1) is 0 Å². The minimum Gasteiger partial charge on any atom is -0.317 e. The fourth-order valence-corrected chi connectivity index (χ4v) is 2.41. The summed E-state index contributed by atoms with van der Waals surface area (Å²) >= 11 is 0. The third-order valence-corrected chi connectivity index (χ3v) is 3.25. The van der Waals surface area contributed by atoms with E-state index in [4.69, 9.17) is 9.47 Å². The summed E-state index contributed by atoms with van der Waals surface area (Å²) in [5, 5.41) is 0. The summed E-state index contributed by atoms with van der Waals surface area (Å²) in [6.45, 7) is 3.84. The highest BCUT2D eigenvalue weighted by Crippen LogP contribution is 2.53. The largest absolute Gasteiger partial charge is 0.401 e. The van der Waals surface area contributed by atoms with E-state index >= 15 is 0 Å². The Labute approximate surface area is 96.6 Å². The summed E-state index contributed by atoms with van der Waals surface area (Å²) < 4.78 is 49.4. The van der Waals surface area contributed by atoms with Crippen LogP contribution in [0.15, 0.2) is 11.6 Å². The van der Waals surface area contributed by atoms with Gasteiger partial charge in [-0.15, -0.1) is 0 Å². The molecule has 3 nitrogen and oxygen atoms in total. The van der Waals surface area contributed by atoms with Crippen LogP contribution in [0.2, 0.25) is 0 Å². The Hall–Kier alpha value is -0.880. The van der Waals surface area contributed by atoms with Crippen molar-refractivity contribution in [3.8, 4) is 0 Å². The van der Waals surface area contributed by atoms with Crippen LogP contribution < -0.4 is 0 Å². The minimum atomic E-state index is -4.61. The predicted octanol–water partition coefficient (Wildman–Crippen LogP) is 2.56. The fourth-order valence-electron chi connectivity index (χ4n) is 2.41. The summed E-state index contributed by atoms with van der Waals surface area (Å²) in [5.41, 5.74) is -2.41.